The summed E-state index contributed by atoms with van der Waals surface area (Å²) in [6, 6.07) is 1.91. The zero-order chi connectivity index (χ0) is 9.68. The first-order valence-electron chi connectivity index (χ1n) is 4.61. The monoisotopic (exact) mass is 200 g/mol. The van der Waals surface area contributed by atoms with Gasteiger partial charge < -0.3 is 9.16 Å². The molecule has 0 amide bonds. The van der Waals surface area contributed by atoms with Gasteiger partial charge in [0.15, 0.2) is 9.04 Å². The molecule has 1 unspecified atom stereocenters. The van der Waals surface area contributed by atoms with Gasteiger partial charge in [-0.1, -0.05) is 13.0 Å². The molecule has 74 valence electrons. The van der Waals surface area contributed by atoms with E-state index in [2.05, 4.69) is 11.3 Å². The number of hydrogen-bond acceptors (Lipinski definition) is 3. The molecular formula is C9H16O3Si. The summed E-state index contributed by atoms with van der Waals surface area (Å²) in [5, 5.41) is 0. The third-order valence-electron chi connectivity index (χ3n) is 2.22. The van der Waals surface area contributed by atoms with Gasteiger partial charge in [-0.05, 0) is 18.5 Å². The summed E-state index contributed by atoms with van der Waals surface area (Å²) in [6.07, 6.45) is 2.40. The van der Waals surface area contributed by atoms with E-state index in [0.717, 1.165) is 25.1 Å². The minimum absolute atomic E-state index is 0.290. The maximum absolute atomic E-state index is 11.0. The van der Waals surface area contributed by atoms with Gasteiger partial charge in [0.1, 0.15) is 0 Å². The first kappa shape index (κ1) is 10.5. The van der Waals surface area contributed by atoms with Gasteiger partial charge in [0.05, 0.1) is 7.11 Å². The smallest absolute Gasteiger partial charge is 0.332 e. The van der Waals surface area contributed by atoms with Crippen LogP contribution in [0, 0.1) is 0 Å². The van der Waals surface area contributed by atoms with Crippen molar-refractivity contribution in [3.8, 4) is 0 Å². The van der Waals surface area contributed by atoms with Crippen molar-refractivity contribution in [3.05, 3.63) is 12.2 Å². The van der Waals surface area contributed by atoms with Crippen molar-refractivity contribution < 1.29 is 14.0 Å². The van der Waals surface area contributed by atoms with E-state index < -0.39 is 9.04 Å². The molecule has 0 bridgehead atoms. The molecule has 0 aromatic rings. The summed E-state index contributed by atoms with van der Waals surface area (Å²) in [5.41, 5.74) is 0.570. The summed E-state index contributed by atoms with van der Waals surface area (Å²) < 4.78 is 10.2. The van der Waals surface area contributed by atoms with Crippen LogP contribution in [0.4, 0.5) is 0 Å². The van der Waals surface area contributed by atoms with Crippen LogP contribution < -0.4 is 0 Å². The van der Waals surface area contributed by atoms with Crippen LogP contribution in [-0.2, 0) is 14.0 Å². The van der Waals surface area contributed by atoms with E-state index >= 15 is 0 Å². The van der Waals surface area contributed by atoms with Gasteiger partial charge >= 0.3 is 5.97 Å². The van der Waals surface area contributed by atoms with Gasteiger partial charge in [-0.3, -0.25) is 0 Å². The van der Waals surface area contributed by atoms with E-state index in [-0.39, 0.29) is 5.97 Å². The summed E-state index contributed by atoms with van der Waals surface area (Å²) >= 11 is 0. The molecule has 1 saturated heterocycles. The van der Waals surface area contributed by atoms with Crippen molar-refractivity contribution in [2.24, 2.45) is 0 Å². The van der Waals surface area contributed by atoms with Crippen molar-refractivity contribution in [2.45, 2.75) is 24.9 Å². The Kier molecular flexibility index (Phi) is 4.18. The summed E-state index contributed by atoms with van der Waals surface area (Å²) in [6.45, 7) is 4.57. The predicted octanol–water partition coefficient (Wildman–Crippen LogP) is 1.25. The Morgan fingerprint density at radius 2 is 2.38 bits per heavy atom. The molecular weight excluding hydrogens is 184 g/mol. The zero-order valence-corrected chi connectivity index (χ0v) is 9.20. The lowest BCUT2D eigenvalue weighted by Crippen LogP contribution is -2.25. The lowest BCUT2D eigenvalue weighted by molar-refractivity contribution is -0.136. The maximum Gasteiger partial charge on any atom is 0.332 e. The van der Waals surface area contributed by atoms with Crippen LogP contribution in [0.5, 0.6) is 0 Å². The quantitative estimate of drug-likeness (QED) is 0.391. The molecule has 1 rings (SSSR count). The van der Waals surface area contributed by atoms with Gasteiger partial charge in [-0.15, -0.1) is 0 Å². The fraction of sp³-hybridized carbons (Fsp3) is 0.667. The van der Waals surface area contributed by atoms with Crippen LogP contribution >= 0.6 is 0 Å². The topological polar surface area (TPSA) is 35.5 Å². The van der Waals surface area contributed by atoms with Crippen LogP contribution in [0.1, 0.15) is 12.8 Å². The molecule has 1 fully saturated rings. The van der Waals surface area contributed by atoms with Crippen molar-refractivity contribution in [2.75, 3.05) is 13.7 Å². The Morgan fingerprint density at radius 1 is 1.62 bits per heavy atom. The molecule has 1 heterocycles. The highest BCUT2D eigenvalue weighted by atomic mass is 28.3. The predicted molar refractivity (Wildman–Crippen MR) is 53.1 cm³/mol. The first-order chi connectivity index (χ1) is 6.24. The molecule has 1 aliphatic heterocycles. The average molecular weight is 200 g/mol. The van der Waals surface area contributed by atoms with E-state index in [4.69, 9.17) is 4.43 Å². The molecule has 0 aliphatic carbocycles. The zero-order valence-electron chi connectivity index (χ0n) is 8.04. The lowest BCUT2D eigenvalue weighted by Gasteiger charge is -2.21. The Morgan fingerprint density at radius 3 is 2.92 bits per heavy atom. The number of carbonyl (C=O) groups is 1. The molecule has 1 aliphatic rings. The fourth-order valence-electron chi connectivity index (χ4n) is 1.47. The van der Waals surface area contributed by atoms with E-state index in [1.807, 2.05) is 0 Å². The Hall–Kier alpha value is -0.613. The molecule has 0 radical (unpaired) electrons. The highest BCUT2D eigenvalue weighted by Crippen LogP contribution is 2.17. The molecule has 0 N–H and O–H groups in total. The van der Waals surface area contributed by atoms with Crippen LogP contribution in [0.2, 0.25) is 12.1 Å². The molecule has 4 heteroatoms. The van der Waals surface area contributed by atoms with E-state index in [0.29, 0.717) is 5.57 Å². The second-order valence-electron chi connectivity index (χ2n) is 3.29. The van der Waals surface area contributed by atoms with Crippen LogP contribution in [-0.4, -0.2) is 28.7 Å². The summed E-state index contributed by atoms with van der Waals surface area (Å²) in [7, 11) is 0.231. The standard InChI is InChI=1S/C9H16O3Si/c1-8(9(10)11-2)7-13-6-4-3-5-12-13/h13H,1,3-7H2,2H3. The van der Waals surface area contributed by atoms with E-state index in [9.17, 15) is 4.79 Å². The molecule has 13 heavy (non-hydrogen) atoms. The van der Waals surface area contributed by atoms with Gasteiger partial charge in [0, 0.05) is 12.2 Å². The Bertz CT molecular complexity index is 197. The van der Waals surface area contributed by atoms with Gasteiger partial charge in [0.25, 0.3) is 0 Å². The number of hydrogen-bond donors (Lipinski definition) is 0. The SMILES string of the molecule is C=C(C[SiH]1CCCCO1)C(=O)OC. The fourth-order valence-corrected chi connectivity index (χ4v) is 3.92. The van der Waals surface area contributed by atoms with Gasteiger partial charge in [-0.25, -0.2) is 4.79 Å². The third kappa shape index (κ3) is 3.32. The van der Waals surface area contributed by atoms with Gasteiger partial charge in [-0.2, -0.15) is 0 Å². The minimum Gasteiger partial charge on any atom is -0.466 e. The second-order valence-corrected chi connectivity index (χ2v) is 5.85. The highest BCUT2D eigenvalue weighted by molar-refractivity contribution is 6.53. The summed E-state index contributed by atoms with van der Waals surface area (Å²) in [5.74, 6) is -0.290. The average Bonchev–Trinajstić information content (AvgIpc) is 2.18. The van der Waals surface area contributed by atoms with Crippen molar-refractivity contribution in [1.29, 1.82) is 0 Å². The third-order valence-corrected chi connectivity index (χ3v) is 4.93. The largest absolute Gasteiger partial charge is 0.466 e. The summed E-state index contributed by atoms with van der Waals surface area (Å²) in [4.78, 5) is 11.0. The number of esters is 1. The Labute approximate surface area is 80.5 Å². The Balaban J connectivity index is 2.30. The molecule has 0 spiro atoms. The van der Waals surface area contributed by atoms with Crippen molar-refractivity contribution >= 4 is 15.0 Å². The normalized spacial score (nSPS) is 22.4. The van der Waals surface area contributed by atoms with Crippen LogP contribution in [0.15, 0.2) is 12.2 Å². The molecule has 0 saturated carbocycles. The lowest BCUT2D eigenvalue weighted by atomic mass is 10.3. The highest BCUT2D eigenvalue weighted by Gasteiger charge is 2.20. The molecule has 1 atom stereocenters. The first-order valence-corrected chi connectivity index (χ1v) is 6.72. The number of rotatable bonds is 3. The molecule has 3 nitrogen and oxygen atoms in total. The second kappa shape index (κ2) is 5.19. The number of methoxy groups -OCH3 is 1. The van der Waals surface area contributed by atoms with Crippen molar-refractivity contribution in [3.63, 3.8) is 0 Å². The minimum atomic E-state index is -1.15. The van der Waals surface area contributed by atoms with Crippen LogP contribution in [0.25, 0.3) is 0 Å². The van der Waals surface area contributed by atoms with Crippen molar-refractivity contribution in [1.82, 2.24) is 0 Å². The molecule has 0 aromatic heterocycles. The van der Waals surface area contributed by atoms with Crippen LogP contribution in [0.3, 0.4) is 0 Å². The number of carbonyl (C=O) groups excluding carboxylic acids is 1. The van der Waals surface area contributed by atoms with E-state index in [1.54, 1.807) is 0 Å². The van der Waals surface area contributed by atoms with Gasteiger partial charge in [0.2, 0.25) is 0 Å². The molecule has 0 aromatic carbocycles. The maximum atomic E-state index is 11.0. The number of ether oxygens (including phenoxy) is 1. The van der Waals surface area contributed by atoms with E-state index in [1.165, 1.54) is 13.5 Å².